The zero-order valence-electron chi connectivity index (χ0n) is 11.2. The average molecular weight is 240 g/mol. The molecule has 0 spiro atoms. The summed E-state index contributed by atoms with van der Waals surface area (Å²) in [5.74, 6) is 0. The molecule has 1 unspecified atom stereocenters. The summed E-state index contributed by atoms with van der Waals surface area (Å²) in [4.78, 5) is 2.47. The highest BCUT2D eigenvalue weighted by molar-refractivity contribution is 4.89. The Kier molecular flexibility index (Phi) is 4.83. The van der Waals surface area contributed by atoms with Gasteiger partial charge >= 0.3 is 0 Å². The van der Waals surface area contributed by atoms with E-state index < -0.39 is 0 Å². The van der Waals surface area contributed by atoms with Gasteiger partial charge in [-0.05, 0) is 45.2 Å². The van der Waals surface area contributed by atoms with Crippen molar-refractivity contribution < 1.29 is 5.11 Å². The number of β-amino-alcohol motifs (C(OH)–C–C–N with tert-alkyl or cyclic N) is 1. The Labute approximate surface area is 106 Å². The first-order chi connectivity index (χ1) is 8.22. The Morgan fingerprint density at radius 3 is 2.76 bits per heavy atom. The van der Waals surface area contributed by atoms with Crippen LogP contribution in [-0.2, 0) is 0 Å². The lowest BCUT2D eigenvalue weighted by atomic mass is 9.98. The van der Waals surface area contributed by atoms with Crippen molar-refractivity contribution in [1.82, 2.24) is 10.2 Å². The number of piperidine rings is 1. The van der Waals surface area contributed by atoms with E-state index in [1.807, 2.05) is 0 Å². The van der Waals surface area contributed by atoms with Crippen molar-refractivity contribution in [2.75, 3.05) is 26.2 Å². The number of likely N-dealkylation sites (tertiary alicyclic amines) is 1. The Morgan fingerprint density at radius 2 is 2.06 bits per heavy atom. The van der Waals surface area contributed by atoms with E-state index in [1.165, 1.54) is 38.6 Å². The fourth-order valence-corrected chi connectivity index (χ4v) is 3.32. The van der Waals surface area contributed by atoms with Crippen LogP contribution in [-0.4, -0.2) is 47.8 Å². The molecule has 1 aliphatic heterocycles. The molecular formula is C14H28N2O. The molecule has 100 valence electrons. The third-order valence-corrected chi connectivity index (χ3v) is 4.24. The molecule has 0 amide bonds. The second-order valence-electron chi connectivity index (χ2n) is 5.96. The lowest BCUT2D eigenvalue weighted by molar-refractivity contribution is 0.000886. The quantitative estimate of drug-likeness (QED) is 0.768. The van der Waals surface area contributed by atoms with E-state index in [4.69, 9.17) is 0 Å². The van der Waals surface area contributed by atoms with Gasteiger partial charge in [-0.15, -0.1) is 0 Å². The molecule has 0 aromatic rings. The first kappa shape index (κ1) is 13.3. The van der Waals surface area contributed by atoms with Gasteiger partial charge in [0.1, 0.15) is 0 Å². The molecule has 1 saturated heterocycles. The topological polar surface area (TPSA) is 35.5 Å². The number of hydrogen-bond acceptors (Lipinski definition) is 3. The first-order valence-electron chi connectivity index (χ1n) is 7.40. The third-order valence-electron chi connectivity index (χ3n) is 4.24. The first-order valence-corrected chi connectivity index (χ1v) is 7.40. The van der Waals surface area contributed by atoms with E-state index in [9.17, 15) is 5.11 Å². The molecule has 1 aliphatic carbocycles. The van der Waals surface area contributed by atoms with E-state index in [-0.39, 0.29) is 5.60 Å². The van der Waals surface area contributed by atoms with E-state index in [0.29, 0.717) is 6.04 Å². The second-order valence-corrected chi connectivity index (χ2v) is 5.96. The summed E-state index contributed by atoms with van der Waals surface area (Å²) in [5, 5.41) is 14.1. The van der Waals surface area contributed by atoms with Gasteiger partial charge in [-0.25, -0.2) is 0 Å². The Hall–Kier alpha value is -0.120. The molecule has 0 radical (unpaired) electrons. The number of aliphatic hydroxyl groups is 1. The molecule has 3 nitrogen and oxygen atoms in total. The minimum absolute atomic E-state index is 0.368. The van der Waals surface area contributed by atoms with Crippen molar-refractivity contribution in [3.05, 3.63) is 0 Å². The smallest absolute Gasteiger partial charge is 0.0774 e. The van der Waals surface area contributed by atoms with Gasteiger partial charge in [0.15, 0.2) is 0 Å². The Bertz CT molecular complexity index is 226. The van der Waals surface area contributed by atoms with Crippen molar-refractivity contribution in [3.63, 3.8) is 0 Å². The summed E-state index contributed by atoms with van der Waals surface area (Å²) in [6.45, 7) is 6.55. The average Bonchev–Trinajstić information content (AvgIpc) is 2.73. The largest absolute Gasteiger partial charge is 0.389 e. The molecule has 0 aromatic carbocycles. The van der Waals surface area contributed by atoms with Crippen molar-refractivity contribution in [2.45, 2.75) is 63.5 Å². The normalized spacial score (nSPS) is 29.6. The van der Waals surface area contributed by atoms with Crippen molar-refractivity contribution in [3.8, 4) is 0 Å². The van der Waals surface area contributed by atoms with Gasteiger partial charge in [-0.3, -0.25) is 4.90 Å². The number of nitrogens with zero attached hydrogens (tertiary/aromatic N) is 1. The molecule has 2 aliphatic rings. The van der Waals surface area contributed by atoms with Gasteiger partial charge in [-0.2, -0.15) is 0 Å². The fourth-order valence-electron chi connectivity index (χ4n) is 3.32. The van der Waals surface area contributed by atoms with Crippen LogP contribution in [0.2, 0.25) is 0 Å². The molecular weight excluding hydrogens is 212 g/mol. The predicted octanol–water partition coefficient (Wildman–Crippen LogP) is 1.76. The van der Waals surface area contributed by atoms with E-state index in [2.05, 4.69) is 17.1 Å². The van der Waals surface area contributed by atoms with Crippen LogP contribution in [0.15, 0.2) is 0 Å². The zero-order chi connectivity index (χ0) is 12.1. The van der Waals surface area contributed by atoms with Crippen LogP contribution in [0, 0.1) is 0 Å². The molecule has 2 N–H and O–H groups in total. The van der Waals surface area contributed by atoms with Crippen LogP contribution < -0.4 is 5.32 Å². The van der Waals surface area contributed by atoms with Gasteiger partial charge in [-0.1, -0.05) is 19.8 Å². The van der Waals surface area contributed by atoms with Crippen molar-refractivity contribution in [2.24, 2.45) is 0 Å². The maximum absolute atomic E-state index is 10.4. The minimum Gasteiger partial charge on any atom is -0.389 e. The highest BCUT2D eigenvalue weighted by atomic mass is 16.3. The van der Waals surface area contributed by atoms with Crippen molar-refractivity contribution in [1.29, 1.82) is 0 Å². The minimum atomic E-state index is -0.368. The molecule has 1 atom stereocenters. The fraction of sp³-hybridized carbons (Fsp3) is 1.00. The van der Waals surface area contributed by atoms with Crippen LogP contribution in [0.1, 0.15) is 51.9 Å². The number of nitrogens with one attached hydrogen (secondary N) is 1. The van der Waals surface area contributed by atoms with Gasteiger partial charge in [0.05, 0.1) is 5.60 Å². The highest BCUT2D eigenvalue weighted by Gasteiger charge is 2.34. The van der Waals surface area contributed by atoms with Crippen LogP contribution in [0.5, 0.6) is 0 Å². The van der Waals surface area contributed by atoms with Crippen LogP contribution in [0.3, 0.4) is 0 Å². The molecule has 2 fully saturated rings. The number of rotatable bonds is 5. The van der Waals surface area contributed by atoms with Crippen LogP contribution >= 0.6 is 0 Å². The Morgan fingerprint density at radius 1 is 1.29 bits per heavy atom. The summed E-state index contributed by atoms with van der Waals surface area (Å²) in [6, 6.07) is 0.647. The lowest BCUT2D eigenvalue weighted by Crippen LogP contribution is -2.50. The molecule has 1 heterocycles. The maximum atomic E-state index is 10.4. The van der Waals surface area contributed by atoms with Gasteiger partial charge in [0.25, 0.3) is 0 Å². The molecule has 3 heteroatoms. The van der Waals surface area contributed by atoms with Gasteiger partial charge in [0.2, 0.25) is 0 Å². The summed E-state index contributed by atoms with van der Waals surface area (Å²) in [5.41, 5.74) is -0.368. The monoisotopic (exact) mass is 240 g/mol. The van der Waals surface area contributed by atoms with E-state index >= 15 is 0 Å². The molecule has 1 saturated carbocycles. The molecule has 2 rings (SSSR count). The van der Waals surface area contributed by atoms with E-state index in [0.717, 1.165) is 32.5 Å². The van der Waals surface area contributed by atoms with Crippen molar-refractivity contribution >= 4 is 0 Å². The number of hydrogen-bond donors (Lipinski definition) is 2. The van der Waals surface area contributed by atoms with Gasteiger partial charge in [0, 0.05) is 19.1 Å². The lowest BCUT2D eigenvalue weighted by Gasteiger charge is -2.37. The summed E-state index contributed by atoms with van der Waals surface area (Å²) in [6.07, 6.45) is 8.23. The van der Waals surface area contributed by atoms with Crippen LogP contribution in [0.25, 0.3) is 0 Å². The SMILES string of the molecule is CCCNC1CCCN(CC2(O)CCCC2)C1. The zero-order valence-corrected chi connectivity index (χ0v) is 11.2. The predicted molar refractivity (Wildman–Crippen MR) is 71.2 cm³/mol. The second kappa shape index (κ2) is 6.17. The molecule has 17 heavy (non-hydrogen) atoms. The Balaban J connectivity index is 1.76. The summed E-state index contributed by atoms with van der Waals surface area (Å²) in [7, 11) is 0. The molecule has 0 bridgehead atoms. The summed E-state index contributed by atoms with van der Waals surface area (Å²) >= 11 is 0. The van der Waals surface area contributed by atoms with E-state index in [1.54, 1.807) is 0 Å². The highest BCUT2D eigenvalue weighted by Crippen LogP contribution is 2.30. The van der Waals surface area contributed by atoms with Crippen LogP contribution in [0.4, 0.5) is 0 Å². The third kappa shape index (κ3) is 3.94. The van der Waals surface area contributed by atoms with Gasteiger partial charge < -0.3 is 10.4 Å². The summed E-state index contributed by atoms with van der Waals surface area (Å²) < 4.78 is 0. The maximum Gasteiger partial charge on any atom is 0.0774 e. The molecule has 0 aromatic heterocycles. The standard InChI is InChI=1S/C14H28N2O/c1-2-9-15-13-6-5-10-16(11-13)12-14(17)7-3-4-8-14/h13,15,17H,2-12H2,1H3.